The van der Waals surface area contributed by atoms with Crippen molar-refractivity contribution in [1.82, 2.24) is 10.3 Å². The number of aromatic nitrogens is 1. The minimum Gasteiger partial charge on any atom is -0.384 e. The second-order valence-electron chi connectivity index (χ2n) is 9.73. The van der Waals surface area contributed by atoms with Crippen molar-refractivity contribution < 1.29 is 22.8 Å². The highest BCUT2D eigenvalue weighted by molar-refractivity contribution is 6.31. The molecule has 2 aromatic carbocycles. The van der Waals surface area contributed by atoms with E-state index in [9.17, 15) is 22.8 Å². The number of ketones is 1. The number of amides is 1. The van der Waals surface area contributed by atoms with E-state index >= 15 is 0 Å². The van der Waals surface area contributed by atoms with Crippen LogP contribution in [0.5, 0.6) is 0 Å². The van der Waals surface area contributed by atoms with E-state index in [4.69, 9.17) is 23.2 Å². The first-order valence-electron chi connectivity index (χ1n) is 12.1. The molecule has 1 aromatic heterocycles. The molecule has 2 aliphatic rings. The maximum absolute atomic E-state index is 13.4. The fourth-order valence-electron chi connectivity index (χ4n) is 5.27. The van der Waals surface area contributed by atoms with Gasteiger partial charge in [0.05, 0.1) is 11.4 Å². The van der Waals surface area contributed by atoms with Crippen LogP contribution < -0.4 is 10.6 Å². The van der Waals surface area contributed by atoms with Gasteiger partial charge in [-0.1, -0.05) is 23.2 Å². The van der Waals surface area contributed by atoms with Gasteiger partial charge < -0.3 is 10.6 Å². The van der Waals surface area contributed by atoms with Crippen molar-refractivity contribution in [2.45, 2.75) is 50.2 Å². The van der Waals surface area contributed by atoms with Crippen molar-refractivity contribution in [2.24, 2.45) is 5.92 Å². The number of halogens is 5. The van der Waals surface area contributed by atoms with Gasteiger partial charge in [0.25, 0.3) is 0 Å². The van der Waals surface area contributed by atoms with Crippen molar-refractivity contribution >= 4 is 51.5 Å². The number of carbonyl (C=O) groups is 2. The average molecular weight is 550 g/mol. The number of hydrogen-bond donors (Lipinski definition) is 2. The first-order valence-corrected chi connectivity index (χ1v) is 12.9. The SMILES string of the molecule is O=C1CC(C(=O)N[C@H]2CC[C@@H](CNc3cc(C(F)(F)F)nc4ccc(Cl)cc34)CC2)c2cc(Cl)ccc21. The quantitative estimate of drug-likeness (QED) is 0.358. The number of Topliss-reactive ketones (excluding diaryl/α,β-unsaturated/α-hetero) is 1. The summed E-state index contributed by atoms with van der Waals surface area (Å²) in [6.07, 6.45) is -1.31. The van der Waals surface area contributed by atoms with Gasteiger partial charge in [0.1, 0.15) is 5.69 Å². The highest BCUT2D eigenvalue weighted by atomic mass is 35.5. The van der Waals surface area contributed by atoms with Gasteiger partial charge in [-0.2, -0.15) is 13.2 Å². The molecular formula is C27H24Cl2F3N3O2. The number of nitrogens with zero attached hydrogens (tertiary/aromatic N) is 1. The second kappa shape index (κ2) is 10.1. The van der Waals surface area contributed by atoms with Crippen LogP contribution in [0.3, 0.4) is 0 Å². The molecule has 5 nitrogen and oxygen atoms in total. The Morgan fingerprint density at radius 2 is 1.70 bits per heavy atom. The minimum atomic E-state index is -4.56. The number of pyridine rings is 1. The zero-order valence-corrected chi connectivity index (χ0v) is 21.2. The monoisotopic (exact) mass is 549 g/mol. The minimum absolute atomic E-state index is 0.0144. The lowest BCUT2D eigenvalue weighted by Crippen LogP contribution is -2.40. The molecule has 3 aromatic rings. The maximum atomic E-state index is 13.4. The number of carbonyl (C=O) groups excluding carboxylic acids is 2. The second-order valence-corrected chi connectivity index (χ2v) is 10.6. The van der Waals surface area contributed by atoms with Crippen molar-refractivity contribution in [3.8, 4) is 0 Å². The fraction of sp³-hybridized carbons (Fsp3) is 0.370. The van der Waals surface area contributed by atoms with Gasteiger partial charge in [-0.05, 0) is 79.6 Å². The molecule has 1 fully saturated rings. The number of hydrogen-bond acceptors (Lipinski definition) is 4. The molecule has 1 atom stereocenters. The van der Waals surface area contributed by atoms with Gasteiger partial charge in [0.15, 0.2) is 5.78 Å². The molecule has 5 rings (SSSR count). The predicted molar refractivity (Wildman–Crippen MR) is 137 cm³/mol. The molecule has 0 aliphatic heterocycles. The van der Waals surface area contributed by atoms with E-state index in [1.54, 1.807) is 24.3 Å². The zero-order valence-electron chi connectivity index (χ0n) is 19.7. The Labute approximate surface area is 221 Å². The predicted octanol–water partition coefficient (Wildman–Crippen LogP) is 7.02. The largest absolute Gasteiger partial charge is 0.433 e. The fourth-order valence-corrected chi connectivity index (χ4v) is 5.62. The van der Waals surface area contributed by atoms with E-state index in [1.807, 2.05) is 0 Å². The summed E-state index contributed by atoms with van der Waals surface area (Å²) >= 11 is 12.2. The Kier molecular flexibility index (Phi) is 7.07. The average Bonchev–Trinajstić information content (AvgIpc) is 3.18. The first-order chi connectivity index (χ1) is 17.6. The Balaban J connectivity index is 1.20. The van der Waals surface area contributed by atoms with Crippen molar-refractivity contribution in [1.29, 1.82) is 0 Å². The molecule has 0 spiro atoms. The summed E-state index contributed by atoms with van der Waals surface area (Å²) in [5.41, 5.74) is 0.845. The van der Waals surface area contributed by atoms with Crippen LogP contribution in [-0.2, 0) is 11.0 Å². The standard InChI is InChI=1S/C27H24Cl2F3N3O2/c28-15-3-7-18-19(9-15)20(11-24(18)36)26(37)34-17-5-1-14(2-6-17)13-33-23-12-25(27(30,31)32)35-22-8-4-16(29)10-21(22)23/h3-4,7-10,12,14,17,20H,1-2,5-6,11,13H2,(H,33,35)(H,34,37)/t14-,17+,20?. The molecular weight excluding hydrogens is 526 g/mol. The van der Waals surface area contributed by atoms with E-state index < -0.39 is 17.8 Å². The molecule has 1 heterocycles. The van der Waals surface area contributed by atoms with Gasteiger partial charge in [-0.15, -0.1) is 0 Å². The zero-order chi connectivity index (χ0) is 26.3. The number of anilines is 1. The first kappa shape index (κ1) is 25.8. The molecule has 1 unspecified atom stereocenters. The van der Waals surface area contributed by atoms with Crippen LogP contribution in [0.25, 0.3) is 10.9 Å². The highest BCUT2D eigenvalue weighted by Crippen LogP contribution is 2.37. The van der Waals surface area contributed by atoms with E-state index in [-0.39, 0.29) is 35.6 Å². The van der Waals surface area contributed by atoms with E-state index in [0.717, 1.165) is 31.7 Å². The molecule has 37 heavy (non-hydrogen) atoms. The van der Waals surface area contributed by atoms with Gasteiger partial charge in [0.2, 0.25) is 5.91 Å². The molecule has 10 heteroatoms. The Bertz CT molecular complexity index is 1370. The van der Waals surface area contributed by atoms with Crippen LogP contribution >= 0.6 is 23.2 Å². The van der Waals surface area contributed by atoms with Crippen LogP contribution in [0.2, 0.25) is 10.0 Å². The number of fused-ring (bicyclic) bond motifs is 2. The van der Waals surface area contributed by atoms with Crippen LogP contribution in [0, 0.1) is 5.92 Å². The maximum Gasteiger partial charge on any atom is 0.433 e. The number of benzene rings is 2. The van der Waals surface area contributed by atoms with Crippen LogP contribution in [0.1, 0.15) is 59.6 Å². The molecule has 2 N–H and O–H groups in total. The van der Waals surface area contributed by atoms with Gasteiger partial charge in [-0.25, -0.2) is 4.98 Å². The molecule has 0 bridgehead atoms. The van der Waals surface area contributed by atoms with Crippen LogP contribution in [-0.4, -0.2) is 29.3 Å². The summed E-state index contributed by atoms with van der Waals surface area (Å²) in [4.78, 5) is 29.0. The normalized spacial score (nSPS) is 21.6. The number of rotatable bonds is 5. The van der Waals surface area contributed by atoms with E-state index in [1.165, 1.54) is 12.1 Å². The van der Waals surface area contributed by atoms with Crippen molar-refractivity contribution in [3.63, 3.8) is 0 Å². The van der Waals surface area contributed by atoms with E-state index in [0.29, 0.717) is 38.8 Å². The lowest BCUT2D eigenvalue weighted by molar-refractivity contribution is -0.140. The topological polar surface area (TPSA) is 71.1 Å². The smallest absolute Gasteiger partial charge is 0.384 e. The lowest BCUT2D eigenvalue weighted by atomic mass is 9.85. The molecule has 0 radical (unpaired) electrons. The van der Waals surface area contributed by atoms with Gasteiger partial charge in [-0.3, -0.25) is 9.59 Å². The Hall–Kier alpha value is -2.84. The lowest BCUT2D eigenvalue weighted by Gasteiger charge is -2.30. The third-order valence-corrected chi connectivity index (χ3v) is 7.70. The summed E-state index contributed by atoms with van der Waals surface area (Å²) in [5, 5.41) is 7.72. The molecule has 2 aliphatic carbocycles. The van der Waals surface area contributed by atoms with Crippen LogP contribution in [0.15, 0.2) is 42.5 Å². The molecule has 1 saturated carbocycles. The molecule has 194 valence electrons. The summed E-state index contributed by atoms with van der Waals surface area (Å²) in [6.45, 7) is 0.493. The molecule has 1 amide bonds. The molecule has 0 saturated heterocycles. The summed E-state index contributed by atoms with van der Waals surface area (Å²) < 4.78 is 40.1. The Morgan fingerprint density at radius 1 is 1.00 bits per heavy atom. The summed E-state index contributed by atoms with van der Waals surface area (Å²) in [7, 11) is 0. The Morgan fingerprint density at radius 3 is 2.43 bits per heavy atom. The van der Waals surface area contributed by atoms with Gasteiger partial charge >= 0.3 is 6.18 Å². The van der Waals surface area contributed by atoms with E-state index in [2.05, 4.69) is 15.6 Å². The third-order valence-electron chi connectivity index (χ3n) is 7.23. The van der Waals surface area contributed by atoms with Crippen molar-refractivity contribution in [3.05, 3.63) is 69.3 Å². The van der Waals surface area contributed by atoms with Crippen LogP contribution in [0.4, 0.5) is 18.9 Å². The number of nitrogens with one attached hydrogen (secondary N) is 2. The third kappa shape index (κ3) is 5.55. The van der Waals surface area contributed by atoms with Crippen molar-refractivity contribution in [2.75, 3.05) is 11.9 Å². The summed E-state index contributed by atoms with van der Waals surface area (Å²) in [6, 6.07) is 10.6. The number of alkyl halides is 3. The van der Waals surface area contributed by atoms with Gasteiger partial charge in [0, 0.05) is 45.7 Å². The summed E-state index contributed by atoms with van der Waals surface area (Å²) in [5.74, 6) is -0.524. The highest BCUT2D eigenvalue weighted by Gasteiger charge is 2.36.